The number of nitrogens with two attached hydrogens (primary N) is 1. The Morgan fingerprint density at radius 3 is 2.72 bits per heavy atom. The number of benzene rings is 1. The number of hydrogen-bond donors (Lipinski definition) is 2. The van der Waals surface area contributed by atoms with Crippen LogP contribution in [0.1, 0.15) is 38.5 Å². The fourth-order valence-corrected chi connectivity index (χ4v) is 2.77. The summed E-state index contributed by atoms with van der Waals surface area (Å²) >= 11 is 5.74. The predicted molar refractivity (Wildman–Crippen MR) is 75.5 cm³/mol. The normalized spacial score (nSPS) is 16.8. The van der Waals surface area contributed by atoms with Crippen molar-refractivity contribution in [2.45, 2.75) is 38.5 Å². The van der Waals surface area contributed by atoms with Gasteiger partial charge in [0.1, 0.15) is 5.82 Å². The standard InChI is InChI=1S/C14H20ClFN2/c15-11-8-14(13(17)9-12(11)16)18-7-6-10-4-2-1-3-5-10/h8-10,18H,1-7,17H2. The van der Waals surface area contributed by atoms with E-state index in [0.29, 0.717) is 5.69 Å². The summed E-state index contributed by atoms with van der Waals surface area (Å²) in [5.74, 6) is 0.357. The van der Waals surface area contributed by atoms with Gasteiger partial charge in [0, 0.05) is 12.6 Å². The van der Waals surface area contributed by atoms with Gasteiger partial charge >= 0.3 is 0 Å². The van der Waals surface area contributed by atoms with Gasteiger partial charge in [-0.05, 0) is 18.4 Å². The molecule has 0 aromatic heterocycles. The maximum atomic E-state index is 13.1. The van der Waals surface area contributed by atoms with Crippen LogP contribution in [0, 0.1) is 11.7 Å². The molecule has 1 aromatic carbocycles. The summed E-state index contributed by atoms with van der Waals surface area (Å²) in [6.45, 7) is 0.872. The van der Waals surface area contributed by atoms with Crippen LogP contribution in [-0.4, -0.2) is 6.54 Å². The highest BCUT2D eigenvalue weighted by Gasteiger charge is 2.13. The van der Waals surface area contributed by atoms with E-state index in [1.165, 1.54) is 38.2 Å². The van der Waals surface area contributed by atoms with Crippen molar-refractivity contribution in [3.63, 3.8) is 0 Å². The van der Waals surface area contributed by atoms with Crippen molar-refractivity contribution in [1.29, 1.82) is 0 Å². The molecule has 1 aliphatic rings. The van der Waals surface area contributed by atoms with E-state index in [1.54, 1.807) is 6.07 Å². The molecule has 4 heteroatoms. The first-order valence-corrected chi connectivity index (χ1v) is 7.03. The Bertz CT molecular complexity index is 403. The highest BCUT2D eigenvalue weighted by Crippen LogP contribution is 2.28. The molecule has 18 heavy (non-hydrogen) atoms. The first-order valence-electron chi connectivity index (χ1n) is 6.65. The van der Waals surface area contributed by atoms with Gasteiger partial charge in [-0.3, -0.25) is 0 Å². The minimum atomic E-state index is -0.466. The van der Waals surface area contributed by atoms with Gasteiger partial charge in [0.25, 0.3) is 0 Å². The molecule has 0 atom stereocenters. The monoisotopic (exact) mass is 270 g/mol. The number of rotatable bonds is 4. The van der Waals surface area contributed by atoms with Crippen molar-refractivity contribution in [2.24, 2.45) is 5.92 Å². The van der Waals surface area contributed by atoms with E-state index in [-0.39, 0.29) is 5.02 Å². The van der Waals surface area contributed by atoms with Crippen molar-refractivity contribution in [3.8, 4) is 0 Å². The Balaban J connectivity index is 1.84. The van der Waals surface area contributed by atoms with Crippen molar-refractivity contribution in [2.75, 3.05) is 17.6 Å². The number of anilines is 2. The Morgan fingerprint density at radius 1 is 1.28 bits per heavy atom. The molecule has 0 bridgehead atoms. The minimum absolute atomic E-state index is 0.115. The van der Waals surface area contributed by atoms with Crippen LogP contribution in [0.15, 0.2) is 12.1 Å². The zero-order valence-electron chi connectivity index (χ0n) is 10.5. The smallest absolute Gasteiger partial charge is 0.143 e. The largest absolute Gasteiger partial charge is 0.397 e. The average Bonchev–Trinajstić information content (AvgIpc) is 2.37. The Labute approximate surface area is 113 Å². The molecule has 3 N–H and O–H groups in total. The van der Waals surface area contributed by atoms with Crippen LogP contribution >= 0.6 is 11.6 Å². The van der Waals surface area contributed by atoms with Gasteiger partial charge in [0.05, 0.1) is 16.4 Å². The van der Waals surface area contributed by atoms with Crippen molar-refractivity contribution in [3.05, 3.63) is 23.0 Å². The molecule has 0 saturated heterocycles. The number of nitrogens with one attached hydrogen (secondary N) is 1. The molecular weight excluding hydrogens is 251 g/mol. The lowest BCUT2D eigenvalue weighted by Gasteiger charge is -2.22. The second-order valence-electron chi connectivity index (χ2n) is 5.07. The molecule has 1 fully saturated rings. The highest BCUT2D eigenvalue weighted by molar-refractivity contribution is 6.31. The molecule has 2 nitrogen and oxygen atoms in total. The minimum Gasteiger partial charge on any atom is -0.397 e. The lowest BCUT2D eigenvalue weighted by Crippen LogP contribution is -2.13. The van der Waals surface area contributed by atoms with E-state index in [0.717, 1.165) is 24.6 Å². The molecule has 0 amide bonds. The summed E-state index contributed by atoms with van der Waals surface area (Å²) in [7, 11) is 0. The van der Waals surface area contributed by atoms with E-state index < -0.39 is 5.82 Å². The Kier molecular flexibility index (Phi) is 4.70. The van der Waals surface area contributed by atoms with E-state index in [9.17, 15) is 4.39 Å². The summed E-state index contributed by atoms with van der Waals surface area (Å²) in [4.78, 5) is 0. The summed E-state index contributed by atoms with van der Waals surface area (Å²) in [5.41, 5.74) is 6.90. The van der Waals surface area contributed by atoms with Crippen molar-refractivity contribution in [1.82, 2.24) is 0 Å². The molecule has 0 heterocycles. The molecule has 0 aliphatic heterocycles. The van der Waals surface area contributed by atoms with Gasteiger partial charge in [-0.2, -0.15) is 0 Å². The van der Waals surface area contributed by atoms with Crippen LogP contribution in [0.4, 0.5) is 15.8 Å². The van der Waals surface area contributed by atoms with E-state index in [4.69, 9.17) is 17.3 Å². The fraction of sp³-hybridized carbons (Fsp3) is 0.571. The molecular formula is C14H20ClFN2. The summed E-state index contributed by atoms with van der Waals surface area (Å²) in [6, 6.07) is 2.83. The van der Waals surface area contributed by atoms with Crippen LogP contribution in [0.5, 0.6) is 0 Å². The zero-order chi connectivity index (χ0) is 13.0. The quantitative estimate of drug-likeness (QED) is 0.794. The molecule has 1 aromatic rings. The van der Waals surface area contributed by atoms with E-state index in [2.05, 4.69) is 5.32 Å². The number of hydrogen-bond acceptors (Lipinski definition) is 2. The molecule has 0 spiro atoms. The summed E-state index contributed by atoms with van der Waals surface area (Å²) < 4.78 is 13.1. The number of nitrogen functional groups attached to an aromatic ring is 1. The van der Waals surface area contributed by atoms with Crippen LogP contribution < -0.4 is 11.1 Å². The van der Waals surface area contributed by atoms with Crippen LogP contribution in [0.2, 0.25) is 5.02 Å². The van der Waals surface area contributed by atoms with Crippen molar-refractivity contribution >= 4 is 23.0 Å². The Hall–Kier alpha value is -0.960. The second-order valence-corrected chi connectivity index (χ2v) is 5.48. The first kappa shape index (κ1) is 13.5. The van der Waals surface area contributed by atoms with Gasteiger partial charge in [0.15, 0.2) is 0 Å². The lowest BCUT2D eigenvalue weighted by atomic mass is 9.87. The van der Waals surface area contributed by atoms with Gasteiger partial charge in [-0.25, -0.2) is 4.39 Å². The zero-order valence-corrected chi connectivity index (χ0v) is 11.3. The molecule has 1 saturated carbocycles. The Morgan fingerprint density at radius 2 is 2.00 bits per heavy atom. The summed E-state index contributed by atoms with van der Waals surface area (Å²) in [6.07, 6.45) is 7.91. The fourth-order valence-electron chi connectivity index (χ4n) is 2.60. The van der Waals surface area contributed by atoms with E-state index in [1.807, 2.05) is 0 Å². The molecule has 2 rings (SSSR count). The SMILES string of the molecule is Nc1cc(F)c(Cl)cc1NCCC1CCCCC1. The maximum Gasteiger partial charge on any atom is 0.143 e. The second kappa shape index (κ2) is 6.28. The molecule has 1 aliphatic carbocycles. The third-order valence-electron chi connectivity index (χ3n) is 3.69. The molecule has 0 unspecified atom stereocenters. The van der Waals surface area contributed by atoms with Crippen LogP contribution in [-0.2, 0) is 0 Å². The summed E-state index contributed by atoms with van der Waals surface area (Å²) in [5, 5.41) is 3.37. The van der Waals surface area contributed by atoms with Gasteiger partial charge in [-0.1, -0.05) is 43.7 Å². The average molecular weight is 271 g/mol. The third-order valence-corrected chi connectivity index (χ3v) is 3.97. The highest BCUT2D eigenvalue weighted by atomic mass is 35.5. The molecule has 0 radical (unpaired) electrons. The van der Waals surface area contributed by atoms with Gasteiger partial charge < -0.3 is 11.1 Å². The van der Waals surface area contributed by atoms with Gasteiger partial charge in [-0.15, -0.1) is 0 Å². The lowest BCUT2D eigenvalue weighted by molar-refractivity contribution is 0.345. The topological polar surface area (TPSA) is 38.0 Å². The van der Waals surface area contributed by atoms with Crippen LogP contribution in [0.3, 0.4) is 0 Å². The number of halogens is 2. The van der Waals surface area contributed by atoms with E-state index >= 15 is 0 Å². The predicted octanol–water partition coefficient (Wildman–Crippen LogP) is 4.44. The third kappa shape index (κ3) is 3.52. The maximum absolute atomic E-state index is 13.1. The van der Waals surface area contributed by atoms with Crippen LogP contribution in [0.25, 0.3) is 0 Å². The molecule has 100 valence electrons. The van der Waals surface area contributed by atoms with Gasteiger partial charge in [0.2, 0.25) is 0 Å². The first-order chi connectivity index (χ1) is 8.66. The van der Waals surface area contributed by atoms with Crippen molar-refractivity contribution < 1.29 is 4.39 Å².